The maximum Gasteiger partial charge on any atom is 0.180 e. The number of thiazole rings is 1. The number of aromatic nitrogens is 1. The standard InChI is InChI=1S/C17H22N2S/c1-11-8-9-14(10-12(11)2)15-16(20-17(18)19-15)13-6-4-3-5-7-13/h8-10,13H,3-7H2,1-2H3,(H2,18,19). The molecule has 0 atom stereocenters. The molecule has 0 radical (unpaired) electrons. The van der Waals surface area contributed by atoms with E-state index in [1.807, 2.05) is 0 Å². The van der Waals surface area contributed by atoms with Crippen molar-refractivity contribution in [3.63, 3.8) is 0 Å². The zero-order valence-electron chi connectivity index (χ0n) is 12.3. The number of hydrogen-bond donors (Lipinski definition) is 1. The molecule has 1 aliphatic rings. The minimum Gasteiger partial charge on any atom is -0.375 e. The molecule has 2 nitrogen and oxygen atoms in total. The fourth-order valence-corrected chi connectivity index (χ4v) is 4.11. The van der Waals surface area contributed by atoms with Crippen LogP contribution in [0, 0.1) is 13.8 Å². The summed E-state index contributed by atoms with van der Waals surface area (Å²) >= 11 is 1.69. The summed E-state index contributed by atoms with van der Waals surface area (Å²) in [6.07, 6.45) is 6.65. The second kappa shape index (κ2) is 5.57. The van der Waals surface area contributed by atoms with Gasteiger partial charge in [-0.2, -0.15) is 0 Å². The van der Waals surface area contributed by atoms with Crippen LogP contribution in [0.5, 0.6) is 0 Å². The van der Waals surface area contributed by atoms with Crippen molar-refractivity contribution in [2.24, 2.45) is 0 Å². The van der Waals surface area contributed by atoms with E-state index < -0.39 is 0 Å². The van der Waals surface area contributed by atoms with Crippen molar-refractivity contribution in [3.05, 3.63) is 34.2 Å². The SMILES string of the molecule is Cc1ccc(-c2nc(N)sc2C2CCCCC2)cc1C. The molecule has 3 rings (SSSR count). The minimum absolute atomic E-state index is 0.662. The third kappa shape index (κ3) is 2.59. The zero-order chi connectivity index (χ0) is 14.1. The summed E-state index contributed by atoms with van der Waals surface area (Å²) in [5.74, 6) is 0.662. The van der Waals surface area contributed by atoms with Gasteiger partial charge in [-0.15, -0.1) is 11.3 Å². The molecule has 0 amide bonds. The molecule has 0 aliphatic heterocycles. The number of nitrogens with zero attached hydrogens (tertiary/aromatic N) is 1. The highest BCUT2D eigenvalue weighted by Crippen LogP contribution is 2.42. The van der Waals surface area contributed by atoms with Gasteiger partial charge < -0.3 is 5.73 Å². The molecular weight excluding hydrogens is 264 g/mol. The molecule has 3 heteroatoms. The number of nitrogen functional groups attached to an aromatic ring is 1. The number of benzene rings is 1. The summed E-state index contributed by atoms with van der Waals surface area (Å²) < 4.78 is 0. The van der Waals surface area contributed by atoms with Gasteiger partial charge in [0.15, 0.2) is 5.13 Å². The lowest BCUT2D eigenvalue weighted by molar-refractivity contribution is 0.448. The lowest BCUT2D eigenvalue weighted by Gasteiger charge is -2.21. The van der Waals surface area contributed by atoms with Gasteiger partial charge in [0.1, 0.15) is 0 Å². The van der Waals surface area contributed by atoms with Crippen molar-refractivity contribution >= 4 is 16.5 Å². The molecule has 0 bridgehead atoms. The van der Waals surface area contributed by atoms with Gasteiger partial charge in [-0.1, -0.05) is 31.4 Å². The Labute approximate surface area is 125 Å². The van der Waals surface area contributed by atoms with Crippen LogP contribution in [0.1, 0.15) is 54.0 Å². The molecule has 1 saturated carbocycles. The van der Waals surface area contributed by atoms with E-state index in [1.54, 1.807) is 11.3 Å². The van der Waals surface area contributed by atoms with Gasteiger partial charge in [0, 0.05) is 10.4 Å². The Bertz CT molecular complexity index is 609. The van der Waals surface area contributed by atoms with E-state index in [-0.39, 0.29) is 0 Å². The van der Waals surface area contributed by atoms with Gasteiger partial charge in [0.25, 0.3) is 0 Å². The topological polar surface area (TPSA) is 38.9 Å². The zero-order valence-corrected chi connectivity index (χ0v) is 13.1. The fraction of sp³-hybridized carbons (Fsp3) is 0.471. The number of aryl methyl sites for hydroxylation is 2. The predicted octanol–water partition coefficient (Wildman–Crippen LogP) is 5.06. The highest BCUT2D eigenvalue weighted by molar-refractivity contribution is 7.15. The first kappa shape index (κ1) is 13.6. The van der Waals surface area contributed by atoms with Crippen molar-refractivity contribution in [2.45, 2.75) is 51.9 Å². The Morgan fingerprint density at radius 3 is 2.55 bits per heavy atom. The average Bonchev–Trinajstić information content (AvgIpc) is 2.85. The Morgan fingerprint density at radius 1 is 1.10 bits per heavy atom. The van der Waals surface area contributed by atoms with Crippen molar-refractivity contribution in [3.8, 4) is 11.3 Å². The summed E-state index contributed by atoms with van der Waals surface area (Å²) in [6.45, 7) is 4.31. The van der Waals surface area contributed by atoms with Gasteiger partial charge in [-0.05, 0) is 49.8 Å². The Morgan fingerprint density at radius 2 is 1.85 bits per heavy atom. The van der Waals surface area contributed by atoms with Gasteiger partial charge in [-0.25, -0.2) is 4.98 Å². The van der Waals surface area contributed by atoms with Crippen LogP contribution in [0.15, 0.2) is 18.2 Å². The molecule has 1 aromatic heterocycles. The molecule has 106 valence electrons. The second-order valence-corrected chi connectivity index (χ2v) is 6.96. The highest BCUT2D eigenvalue weighted by Gasteiger charge is 2.23. The summed E-state index contributed by atoms with van der Waals surface area (Å²) in [4.78, 5) is 6.03. The largest absolute Gasteiger partial charge is 0.375 e. The van der Waals surface area contributed by atoms with Crippen LogP contribution in [-0.2, 0) is 0 Å². The normalized spacial score (nSPS) is 16.5. The molecule has 1 heterocycles. The van der Waals surface area contributed by atoms with Gasteiger partial charge >= 0.3 is 0 Å². The molecule has 1 fully saturated rings. The maximum atomic E-state index is 6.00. The van der Waals surface area contributed by atoms with E-state index in [0.29, 0.717) is 11.0 Å². The summed E-state index contributed by atoms with van der Waals surface area (Å²) in [5.41, 5.74) is 11.0. The summed E-state index contributed by atoms with van der Waals surface area (Å²) in [6, 6.07) is 6.62. The molecule has 0 saturated heterocycles. The van der Waals surface area contributed by atoms with E-state index in [4.69, 9.17) is 5.73 Å². The van der Waals surface area contributed by atoms with Crippen LogP contribution in [0.25, 0.3) is 11.3 Å². The second-order valence-electron chi connectivity index (χ2n) is 5.90. The molecule has 20 heavy (non-hydrogen) atoms. The van der Waals surface area contributed by atoms with Crippen LogP contribution in [0.2, 0.25) is 0 Å². The van der Waals surface area contributed by atoms with Crippen LogP contribution in [0.3, 0.4) is 0 Å². The first-order chi connectivity index (χ1) is 9.65. The third-order valence-electron chi connectivity index (χ3n) is 4.43. The fourth-order valence-electron chi connectivity index (χ4n) is 3.09. The maximum absolute atomic E-state index is 6.00. The minimum atomic E-state index is 0.662. The van der Waals surface area contributed by atoms with Crippen molar-refractivity contribution < 1.29 is 0 Å². The first-order valence-electron chi connectivity index (χ1n) is 7.49. The Hall–Kier alpha value is -1.35. The molecule has 1 aromatic carbocycles. The van der Waals surface area contributed by atoms with E-state index in [0.717, 1.165) is 5.69 Å². The number of nitrogens with two attached hydrogens (primary N) is 1. The van der Waals surface area contributed by atoms with Crippen molar-refractivity contribution in [1.82, 2.24) is 4.98 Å². The quantitative estimate of drug-likeness (QED) is 0.838. The van der Waals surface area contributed by atoms with Crippen LogP contribution >= 0.6 is 11.3 Å². The van der Waals surface area contributed by atoms with Crippen LogP contribution in [-0.4, -0.2) is 4.98 Å². The van der Waals surface area contributed by atoms with Crippen molar-refractivity contribution in [2.75, 3.05) is 5.73 Å². The van der Waals surface area contributed by atoms with Crippen molar-refractivity contribution in [1.29, 1.82) is 0 Å². The molecule has 0 spiro atoms. The highest BCUT2D eigenvalue weighted by atomic mass is 32.1. The van der Waals surface area contributed by atoms with E-state index >= 15 is 0 Å². The van der Waals surface area contributed by atoms with E-state index in [2.05, 4.69) is 37.0 Å². The molecule has 0 unspecified atom stereocenters. The van der Waals surface area contributed by atoms with Crippen LogP contribution < -0.4 is 5.73 Å². The van der Waals surface area contributed by atoms with Gasteiger partial charge in [0.05, 0.1) is 5.69 Å². The predicted molar refractivity (Wildman–Crippen MR) is 87.3 cm³/mol. The molecule has 2 aromatic rings. The first-order valence-corrected chi connectivity index (χ1v) is 8.30. The number of hydrogen-bond acceptors (Lipinski definition) is 3. The smallest absolute Gasteiger partial charge is 0.180 e. The van der Waals surface area contributed by atoms with Gasteiger partial charge in [0.2, 0.25) is 0 Å². The summed E-state index contributed by atoms with van der Waals surface area (Å²) in [7, 11) is 0. The van der Waals surface area contributed by atoms with E-state index in [9.17, 15) is 0 Å². The molecular formula is C17H22N2S. The number of anilines is 1. The molecule has 2 N–H and O–H groups in total. The lowest BCUT2D eigenvalue weighted by atomic mass is 9.86. The van der Waals surface area contributed by atoms with Crippen LogP contribution in [0.4, 0.5) is 5.13 Å². The number of rotatable bonds is 2. The third-order valence-corrected chi connectivity index (χ3v) is 5.47. The Balaban J connectivity index is 2.01. The summed E-state index contributed by atoms with van der Waals surface area (Å²) in [5, 5.41) is 0.707. The lowest BCUT2D eigenvalue weighted by Crippen LogP contribution is -2.04. The monoisotopic (exact) mass is 286 g/mol. The van der Waals surface area contributed by atoms with Gasteiger partial charge in [-0.3, -0.25) is 0 Å². The molecule has 1 aliphatic carbocycles. The Kier molecular flexibility index (Phi) is 3.79. The van der Waals surface area contributed by atoms with E-state index in [1.165, 1.54) is 53.7 Å². The average molecular weight is 286 g/mol.